The highest BCUT2D eigenvalue weighted by atomic mass is 32.2. The molecule has 8 heteroatoms. The van der Waals surface area contributed by atoms with Gasteiger partial charge < -0.3 is 4.52 Å². The summed E-state index contributed by atoms with van der Waals surface area (Å²) in [6.07, 6.45) is 4.23. The summed E-state index contributed by atoms with van der Waals surface area (Å²) in [5.41, 5.74) is 1.38. The molecular weight excluding hydrogens is 403 g/mol. The van der Waals surface area contributed by atoms with E-state index in [9.17, 15) is 9.18 Å². The molecule has 0 amide bonds. The Morgan fingerprint density at radius 3 is 2.63 bits per heavy atom. The third-order valence-electron chi connectivity index (χ3n) is 5.36. The Labute approximate surface area is 176 Å². The SMILES string of the molecule is O=c1c2ccccc2nc(SCc2nc(-c3ccc(F)cc3)no2)n1C1CCCC1. The molecule has 2 aromatic heterocycles. The van der Waals surface area contributed by atoms with Crippen molar-refractivity contribution in [3.8, 4) is 11.4 Å². The Balaban J connectivity index is 1.44. The van der Waals surface area contributed by atoms with Crippen LogP contribution in [-0.4, -0.2) is 19.7 Å². The van der Waals surface area contributed by atoms with Crippen LogP contribution in [-0.2, 0) is 5.75 Å². The monoisotopic (exact) mass is 422 g/mol. The summed E-state index contributed by atoms with van der Waals surface area (Å²) in [5, 5.41) is 5.30. The molecule has 0 spiro atoms. The molecule has 6 nitrogen and oxygen atoms in total. The van der Waals surface area contributed by atoms with Crippen LogP contribution in [0.25, 0.3) is 22.3 Å². The first kappa shape index (κ1) is 19.0. The Morgan fingerprint density at radius 2 is 1.83 bits per heavy atom. The van der Waals surface area contributed by atoms with Gasteiger partial charge in [-0.1, -0.05) is 41.9 Å². The second kappa shape index (κ2) is 8.02. The van der Waals surface area contributed by atoms with Crippen molar-refractivity contribution in [3.05, 3.63) is 70.6 Å². The lowest BCUT2D eigenvalue weighted by atomic mass is 10.2. The van der Waals surface area contributed by atoms with E-state index < -0.39 is 0 Å². The minimum Gasteiger partial charge on any atom is -0.338 e. The smallest absolute Gasteiger partial charge is 0.262 e. The van der Waals surface area contributed by atoms with Crippen LogP contribution in [0.3, 0.4) is 0 Å². The summed E-state index contributed by atoms with van der Waals surface area (Å²) in [4.78, 5) is 22.4. The van der Waals surface area contributed by atoms with E-state index in [0.717, 1.165) is 25.7 Å². The second-order valence-corrected chi connectivity index (χ2v) is 8.27. The zero-order valence-corrected chi connectivity index (χ0v) is 16.9. The largest absolute Gasteiger partial charge is 0.338 e. The maximum atomic E-state index is 13.2. The summed E-state index contributed by atoms with van der Waals surface area (Å²) in [6, 6.07) is 13.6. The number of nitrogens with zero attached hydrogens (tertiary/aromatic N) is 4. The molecule has 0 unspecified atom stereocenters. The average Bonchev–Trinajstić information content (AvgIpc) is 3.45. The summed E-state index contributed by atoms with van der Waals surface area (Å²) in [6.45, 7) is 0. The number of benzene rings is 2. The van der Waals surface area contributed by atoms with Crippen molar-refractivity contribution in [2.45, 2.75) is 42.6 Å². The van der Waals surface area contributed by atoms with Gasteiger partial charge in [0, 0.05) is 11.6 Å². The van der Waals surface area contributed by atoms with Crippen molar-refractivity contribution < 1.29 is 8.91 Å². The fraction of sp³-hybridized carbons (Fsp3) is 0.273. The zero-order valence-electron chi connectivity index (χ0n) is 16.1. The van der Waals surface area contributed by atoms with E-state index in [1.165, 1.54) is 23.9 Å². The molecule has 1 aliphatic rings. The van der Waals surface area contributed by atoms with Gasteiger partial charge in [-0.2, -0.15) is 4.98 Å². The maximum absolute atomic E-state index is 13.2. The Hall–Kier alpha value is -3.00. The molecule has 0 saturated heterocycles. The molecule has 152 valence electrons. The van der Waals surface area contributed by atoms with Crippen LogP contribution in [0.4, 0.5) is 4.39 Å². The average molecular weight is 422 g/mol. The summed E-state index contributed by atoms with van der Waals surface area (Å²) in [5.74, 6) is 0.918. The Kier molecular flexibility index (Phi) is 5.08. The van der Waals surface area contributed by atoms with Gasteiger partial charge in [0.05, 0.1) is 16.7 Å². The molecule has 0 aliphatic heterocycles. The highest BCUT2D eigenvalue weighted by Gasteiger charge is 2.23. The molecule has 0 N–H and O–H groups in total. The first-order valence-electron chi connectivity index (χ1n) is 9.91. The first-order chi connectivity index (χ1) is 14.7. The van der Waals surface area contributed by atoms with E-state index in [2.05, 4.69) is 10.1 Å². The molecule has 30 heavy (non-hydrogen) atoms. The van der Waals surface area contributed by atoms with Crippen LogP contribution < -0.4 is 5.56 Å². The number of rotatable bonds is 5. The zero-order chi connectivity index (χ0) is 20.5. The first-order valence-corrected chi connectivity index (χ1v) is 10.9. The van der Waals surface area contributed by atoms with Crippen LogP contribution in [0.2, 0.25) is 0 Å². The number of fused-ring (bicyclic) bond motifs is 1. The number of hydrogen-bond acceptors (Lipinski definition) is 6. The van der Waals surface area contributed by atoms with E-state index in [1.807, 2.05) is 28.8 Å². The molecule has 2 aromatic carbocycles. The van der Waals surface area contributed by atoms with Crippen LogP contribution in [0.15, 0.2) is 63.0 Å². The summed E-state index contributed by atoms with van der Waals surface area (Å²) < 4.78 is 20.3. The molecule has 0 bridgehead atoms. The standard InChI is InChI=1S/C22H19FN4O2S/c23-15-11-9-14(10-12-15)20-25-19(29-26-20)13-30-22-24-18-8-4-3-7-17(18)21(28)27(22)16-5-1-2-6-16/h3-4,7-12,16H,1-2,5-6,13H2. The third-order valence-corrected chi connectivity index (χ3v) is 6.30. The van der Waals surface area contributed by atoms with Gasteiger partial charge in [-0.3, -0.25) is 9.36 Å². The number of aromatic nitrogens is 4. The van der Waals surface area contributed by atoms with Crippen molar-refractivity contribution in [1.29, 1.82) is 0 Å². The summed E-state index contributed by atoms with van der Waals surface area (Å²) in [7, 11) is 0. The fourth-order valence-electron chi connectivity index (χ4n) is 3.87. The highest BCUT2D eigenvalue weighted by Crippen LogP contribution is 2.33. The van der Waals surface area contributed by atoms with Gasteiger partial charge in [0.2, 0.25) is 11.7 Å². The molecule has 1 saturated carbocycles. The number of para-hydroxylation sites is 1. The van der Waals surface area contributed by atoms with Crippen molar-refractivity contribution in [1.82, 2.24) is 19.7 Å². The molecule has 4 aromatic rings. The molecule has 1 aliphatic carbocycles. The van der Waals surface area contributed by atoms with Gasteiger partial charge in [0.1, 0.15) is 5.82 Å². The maximum Gasteiger partial charge on any atom is 0.262 e. The van der Waals surface area contributed by atoms with E-state index in [0.29, 0.717) is 39.1 Å². The lowest BCUT2D eigenvalue weighted by Crippen LogP contribution is -2.26. The van der Waals surface area contributed by atoms with Gasteiger partial charge >= 0.3 is 0 Å². The van der Waals surface area contributed by atoms with E-state index in [-0.39, 0.29) is 17.4 Å². The lowest BCUT2D eigenvalue weighted by Gasteiger charge is -2.18. The van der Waals surface area contributed by atoms with Crippen molar-refractivity contribution >= 4 is 22.7 Å². The van der Waals surface area contributed by atoms with Gasteiger partial charge in [-0.15, -0.1) is 0 Å². The fourth-order valence-corrected chi connectivity index (χ4v) is 4.77. The van der Waals surface area contributed by atoms with E-state index in [4.69, 9.17) is 9.51 Å². The van der Waals surface area contributed by atoms with Gasteiger partial charge in [0.15, 0.2) is 5.16 Å². The molecule has 0 radical (unpaired) electrons. The van der Waals surface area contributed by atoms with E-state index >= 15 is 0 Å². The highest BCUT2D eigenvalue weighted by molar-refractivity contribution is 7.98. The molecule has 2 heterocycles. The molecule has 5 rings (SSSR count). The van der Waals surface area contributed by atoms with Crippen LogP contribution >= 0.6 is 11.8 Å². The number of thioether (sulfide) groups is 1. The molecule has 0 atom stereocenters. The normalized spacial score (nSPS) is 14.6. The van der Waals surface area contributed by atoms with Crippen molar-refractivity contribution in [2.75, 3.05) is 0 Å². The van der Waals surface area contributed by atoms with Gasteiger partial charge in [-0.25, -0.2) is 9.37 Å². The predicted molar refractivity (Wildman–Crippen MR) is 113 cm³/mol. The minimum atomic E-state index is -0.315. The van der Waals surface area contributed by atoms with Gasteiger partial charge in [-0.05, 0) is 49.2 Å². The van der Waals surface area contributed by atoms with Crippen LogP contribution in [0.1, 0.15) is 37.6 Å². The molecular formula is C22H19FN4O2S. The van der Waals surface area contributed by atoms with Crippen LogP contribution in [0.5, 0.6) is 0 Å². The van der Waals surface area contributed by atoms with Crippen LogP contribution in [0, 0.1) is 5.82 Å². The number of halogens is 1. The van der Waals surface area contributed by atoms with Crippen molar-refractivity contribution in [2.24, 2.45) is 0 Å². The predicted octanol–water partition coefficient (Wildman–Crippen LogP) is 4.99. The number of hydrogen-bond donors (Lipinski definition) is 0. The van der Waals surface area contributed by atoms with E-state index in [1.54, 1.807) is 12.1 Å². The second-order valence-electron chi connectivity index (χ2n) is 7.33. The Morgan fingerprint density at radius 1 is 1.07 bits per heavy atom. The Bertz CT molecular complexity index is 1250. The summed E-state index contributed by atoms with van der Waals surface area (Å²) >= 11 is 1.42. The quantitative estimate of drug-likeness (QED) is 0.333. The minimum absolute atomic E-state index is 0.00697. The lowest BCUT2D eigenvalue weighted by molar-refractivity contribution is 0.391. The third kappa shape index (κ3) is 3.63. The molecule has 1 fully saturated rings. The van der Waals surface area contributed by atoms with Crippen molar-refractivity contribution in [3.63, 3.8) is 0 Å². The van der Waals surface area contributed by atoms with Gasteiger partial charge in [0.25, 0.3) is 5.56 Å². The topological polar surface area (TPSA) is 73.8 Å².